The van der Waals surface area contributed by atoms with E-state index in [1.165, 1.54) is 6.92 Å². The molecular weight excluding hydrogens is 329 g/mol. The lowest BCUT2D eigenvalue weighted by atomic mass is 9.77. The first kappa shape index (κ1) is 18.0. The van der Waals surface area contributed by atoms with Gasteiger partial charge in [-0.25, -0.2) is 4.39 Å². The van der Waals surface area contributed by atoms with Gasteiger partial charge in [-0.15, -0.1) is 0 Å². The third-order valence-electron chi connectivity index (χ3n) is 3.33. The van der Waals surface area contributed by atoms with Crippen molar-refractivity contribution in [1.82, 2.24) is 0 Å². The highest BCUT2D eigenvalue weighted by atomic mass is 19.4. The zero-order valence-corrected chi connectivity index (χ0v) is 12.4. The minimum Gasteiger partial charge on any atom is -0.423 e. The van der Waals surface area contributed by atoms with Crippen LogP contribution in [0.1, 0.15) is 21.5 Å². The molecule has 2 aromatic rings. The number of amides is 1. The van der Waals surface area contributed by atoms with Gasteiger partial charge in [0.05, 0.1) is 11.3 Å². The molecule has 0 spiro atoms. The van der Waals surface area contributed by atoms with Gasteiger partial charge in [0.25, 0.3) is 5.91 Å². The second-order valence-corrected chi connectivity index (χ2v) is 5.09. The molecule has 0 atom stereocenters. The third-order valence-corrected chi connectivity index (χ3v) is 3.33. The molecule has 2 aromatic carbocycles. The lowest BCUT2D eigenvalue weighted by molar-refractivity contribution is -0.137. The van der Waals surface area contributed by atoms with Crippen LogP contribution in [0.4, 0.5) is 23.2 Å². The van der Waals surface area contributed by atoms with Crippen LogP contribution < -0.4 is 10.8 Å². The molecular formula is C15H12BF4NO3. The molecule has 1 amide bonds. The number of hydrogen-bond acceptors (Lipinski definition) is 3. The number of carbonyl (C=O) groups excluding carboxylic acids is 1. The van der Waals surface area contributed by atoms with Gasteiger partial charge in [-0.2, -0.15) is 13.2 Å². The summed E-state index contributed by atoms with van der Waals surface area (Å²) in [5.74, 6) is -1.81. The summed E-state index contributed by atoms with van der Waals surface area (Å²) < 4.78 is 51.9. The largest absolute Gasteiger partial charge is 0.488 e. The standard InChI is InChI=1S/C15H12BF4NO3/c1-8-5-12(17)13(7-11(8)16(23)24)21-14(22)9-3-2-4-10(6-9)15(18,19)20/h2-7,23-24H,1H3,(H,21,22). The van der Waals surface area contributed by atoms with Gasteiger partial charge in [-0.05, 0) is 48.3 Å². The van der Waals surface area contributed by atoms with Gasteiger partial charge in [-0.3, -0.25) is 4.79 Å². The zero-order chi connectivity index (χ0) is 18.1. The second-order valence-electron chi connectivity index (χ2n) is 5.09. The maximum absolute atomic E-state index is 13.9. The van der Waals surface area contributed by atoms with E-state index in [9.17, 15) is 32.4 Å². The van der Waals surface area contributed by atoms with Crippen LogP contribution in [-0.4, -0.2) is 23.1 Å². The molecule has 0 heterocycles. The SMILES string of the molecule is Cc1cc(F)c(NC(=O)c2cccc(C(F)(F)F)c2)cc1B(O)O. The van der Waals surface area contributed by atoms with Crippen molar-refractivity contribution in [3.05, 3.63) is 58.9 Å². The highest BCUT2D eigenvalue weighted by Gasteiger charge is 2.31. The van der Waals surface area contributed by atoms with Crippen LogP contribution >= 0.6 is 0 Å². The van der Waals surface area contributed by atoms with Crippen molar-refractivity contribution in [2.45, 2.75) is 13.1 Å². The zero-order valence-electron chi connectivity index (χ0n) is 12.4. The Morgan fingerprint density at radius 3 is 2.42 bits per heavy atom. The van der Waals surface area contributed by atoms with E-state index in [0.29, 0.717) is 6.07 Å². The number of nitrogens with one attached hydrogen (secondary N) is 1. The molecule has 0 aromatic heterocycles. The maximum Gasteiger partial charge on any atom is 0.488 e. The molecule has 0 bridgehead atoms. The molecule has 0 saturated heterocycles. The summed E-state index contributed by atoms with van der Waals surface area (Å²) in [5.41, 5.74) is -1.47. The number of alkyl halides is 3. The van der Waals surface area contributed by atoms with Gasteiger partial charge >= 0.3 is 13.3 Å². The Hall–Kier alpha value is -2.39. The molecule has 126 valence electrons. The van der Waals surface area contributed by atoms with Crippen LogP contribution in [0.2, 0.25) is 0 Å². The van der Waals surface area contributed by atoms with Gasteiger partial charge in [0.1, 0.15) is 5.82 Å². The Labute approximate surface area is 134 Å². The summed E-state index contributed by atoms with van der Waals surface area (Å²) in [6.45, 7) is 1.44. The average Bonchev–Trinajstić information content (AvgIpc) is 2.48. The summed E-state index contributed by atoms with van der Waals surface area (Å²) in [4.78, 5) is 12.0. The van der Waals surface area contributed by atoms with Crippen molar-refractivity contribution in [1.29, 1.82) is 0 Å². The molecule has 0 aliphatic carbocycles. The third kappa shape index (κ3) is 3.92. The normalized spacial score (nSPS) is 11.3. The van der Waals surface area contributed by atoms with Crippen molar-refractivity contribution in [3.8, 4) is 0 Å². The number of aryl methyl sites for hydroxylation is 1. The van der Waals surface area contributed by atoms with Crippen LogP contribution in [0.5, 0.6) is 0 Å². The molecule has 0 saturated carbocycles. The molecule has 2 rings (SSSR count). The monoisotopic (exact) mass is 341 g/mol. The highest BCUT2D eigenvalue weighted by Crippen LogP contribution is 2.29. The Kier molecular flexibility index (Phi) is 4.95. The van der Waals surface area contributed by atoms with Crippen molar-refractivity contribution < 1.29 is 32.4 Å². The summed E-state index contributed by atoms with van der Waals surface area (Å²) in [5, 5.41) is 20.5. The summed E-state index contributed by atoms with van der Waals surface area (Å²) in [7, 11) is -1.88. The smallest absolute Gasteiger partial charge is 0.423 e. The van der Waals surface area contributed by atoms with Crippen LogP contribution in [0, 0.1) is 12.7 Å². The van der Waals surface area contributed by atoms with Crippen molar-refractivity contribution in [3.63, 3.8) is 0 Å². The molecule has 24 heavy (non-hydrogen) atoms. The molecule has 0 aliphatic rings. The highest BCUT2D eigenvalue weighted by molar-refractivity contribution is 6.59. The van der Waals surface area contributed by atoms with E-state index < -0.39 is 30.6 Å². The second kappa shape index (κ2) is 6.62. The first-order valence-electron chi connectivity index (χ1n) is 6.74. The van der Waals surface area contributed by atoms with Gasteiger partial charge < -0.3 is 15.4 Å². The van der Waals surface area contributed by atoms with E-state index in [0.717, 1.165) is 30.3 Å². The molecule has 0 fully saturated rings. The Balaban J connectivity index is 2.32. The molecule has 9 heteroatoms. The van der Waals surface area contributed by atoms with Gasteiger partial charge in [0.15, 0.2) is 0 Å². The number of rotatable bonds is 3. The van der Waals surface area contributed by atoms with E-state index in [1.54, 1.807) is 0 Å². The van der Waals surface area contributed by atoms with Gasteiger partial charge in [-0.1, -0.05) is 6.07 Å². The molecule has 0 unspecified atom stereocenters. The van der Waals surface area contributed by atoms with E-state index in [2.05, 4.69) is 5.32 Å². The first-order chi connectivity index (χ1) is 11.1. The Bertz CT molecular complexity index is 778. The Morgan fingerprint density at radius 2 is 1.83 bits per heavy atom. The van der Waals surface area contributed by atoms with E-state index >= 15 is 0 Å². The summed E-state index contributed by atoms with van der Waals surface area (Å²) in [6.07, 6.45) is -4.61. The predicted octanol–water partition coefficient (Wildman–Crippen LogP) is 2.09. The summed E-state index contributed by atoms with van der Waals surface area (Å²) in [6, 6.07) is 5.66. The number of benzene rings is 2. The number of halogens is 4. The Morgan fingerprint density at radius 1 is 1.17 bits per heavy atom. The topological polar surface area (TPSA) is 69.6 Å². The maximum atomic E-state index is 13.9. The molecule has 3 N–H and O–H groups in total. The van der Waals surface area contributed by atoms with Crippen LogP contribution in [0.15, 0.2) is 36.4 Å². The van der Waals surface area contributed by atoms with Crippen molar-refractivity contribution in [2.24, 2.45) is 0 Å². The van der Waals surface area contributed by atoms with Crippen LogP contribution in [0.3, 0.4) is 0 Å². The molecule has 4 nitrogen and oxygen atoms in total. The molecule has 0 radical (unpaired) electrons. The quantitative estimate of drug-likeness (QED) is 0.592. The van der Waals surface area contributed by atoms with Crippen molar-refractivity contribution >= 4 is 24.2 Å². The fraction of sp³-hybridized carbons (Fsp3) is 0.133. The number of anilines is 1. The fourth-order valence-corrected chi connectivity index (χ4v) is 2.09. The van der Waals surface area contributed by atoms with E-state index in [1.807, 2.05) is 0 Å². The van der Waals surface area contributed by atoms with Crippen molar-refractivity contribution in [2.75, 3.05) is 5.32 Å². The first-order valence-corrected chi connectivity index (χ1v) is 6.74. The van der Waals surface area contributed by atoms with Crippen LogP contribution in [0.25, 0.3) is 0 Å². The number of carbonyl (C=O) groups is 1. The van der Waals surface area contributed by atoms with Gasteiger partial charge in [0, 0.05) is 5.56 Å². The minimum atomic E-state index is -4.61. The number of hydrogen-bond donors (Lipinski definition) is 3. The predicted molar refractivity (Wildman–Crippen MR) is 80.4 cm³/mol. The molecule has 0 aliphatic heterocycles. The lowest BCUT2D eigenvalue weighted by Crippen LogP contribution is -2.33. The van der Waals surface area contributed by atoms with E-state index in [-0.39, 0.29) is 22.3 Å². The minimum absolute atomic E-state index is 0.0317. The van der Waals surface area contributed by atoms with E-state index in [4.69, 9.17) is 0 Å². The lowest BCUT2D eigenvalue weighted by Gasteiger charge is -2.12. The average molecular weight is 341 g/mol. The van der Waals surface area contributed by atoms with Gasteiger partial charge in [0.2, 0.25) is 0 Å². The van der Waals surface area contributed by atoms with Crippen LogP contribution in [-0.2, 0) is 6.18 Å². The fourth-order valence-electron chi connectivity index (χ4n) is 2.09. The summed E-state index contributed by atoms with van der Waals surface area (Å²) >= 11 is 0.